The van der Waals surface area contributed by atoms with E-state index >= 15 is 0 Å². The summed E-state index contributed by atoms with van der Waals surface area (Å²) in [5.74, 6) is -0.0711. The Kier molecular flexibility index (Phi) is 4.65. The molecule has 0 aromatic rings. The Labute approximate surface area is 77.2 Å². The molecule has 0 bridgehead atoms. The summed E-state index contributed by atoms with van der Waals surface area (Å²) in [6.45, 7) is 0.672. The molecule has 0 heterocycles. The summed E-state index contributed by atoms with van der Waals surface area (Å²) in [5.41, 5.74) is 0. The van der Waals surface area contributed by atoms with Gasteiger partial charge in [0.2, 0.25) is 0 Å². The van der Waals surface area contributed by atoms with Crippen LogP contribution < -0.4 is 0 Å². The van der Waals surface area contributed by atoms with E-state index in [9.17, 15) is 9.59 Å². The zero-order valence-corrected chi connectivity index (χ0v) is 7.64. The monoisotopic (exact) mass is 172 g/mol. The average molecular weight is 172 g/mol. The van der Waals surface area contributed by atoms with Crippen LogP contribution in [0.2, 0.25) is 0 Å². The molecular weight excluding hydrogens is 152 g/mol. The molecule has 0 saturated heterocycles. The average Bonchev–Trinajstić information content (AvgIpc) is 2.01. The SMILES string of the molecule is [2H]C([2H])CCCCCC(=O)CC(C)=O. The highest BCUT2D eigenvalue weighted by Gasteiger charge is 2.03. The molecule has 0 rings (SSSR count). The van der Waals surface area contributed by atoms with Gasteiger partial charge in [0.05, 0.1) is 6.42 Å². The predicted molar refractivity (Wildman–Crippen MR) is 49.1 cm³/mol. The highest BCUT2D eigenvalue weighted by atomic mass is 16.1. The minimum atomic E-state index is -0.747. The fourth-order valence-electron chi connectivity index (χ4n) is 1.01. The molecule has 0 aliphatic carbocycles. The van der Waals surface area contributed by atoms with Gasteiger partial charge < -0.3 is 0 Å². The summed E-state index contributed by atoms with van der Waals surface area (Å²) in [7, 11) is 0. The third-order valence-electron chi connectivity index (χ3n) is 1.61. The van der Waals surface area contributed by atoms with Crippen molar-refractivity contribution in [2.45, 2.75) is 52.3 Å². The van der Waals surface area contributed by atoms with Crippen LogP contribution in [-0.4, -0.2) is 11.6 Å². The molecule has 12 heavy (non-hydrogen) atoms. The van der Waals surface area contributed by atoms with Gasteiger partial charge in [-0.15, -0.1) is 0 Å². The molecule has 0 saturated carbocycles. The van der Waals surface area contributed by atoms with Gasteiger partial charge in [0, 0.05) is 9.16 Å². The molecule has 0 radical (unpaired) electrons. The molecule has 0 unspecified atom stereocenters. The topological polar surface area (TPSA) is 34.1 Å². The van der Waals surface area contributed by atoms with Crippen molar-refractivity contribution < 1.29 is 12.3 Å². The van der Waals surface area contributed by atoms with Gasteiger partial charge in [-0.25, -0.2) is 0 Å². The summed E-state index contributed by atoms with van der Waals surface area (Å²) in [4.78, 5) is 21.6. The van der Waals surface area contributed by atoms with Gasteiger partial charge in [0.25, 0.3) is 0 Å². The van der Waals surface area contributed by atoms with Crippen molar-refractivity contribution in [3.63, 3.8) is 0 Å². The molecule has 0 amide bonds. The second kappa shape index (κ2) is 7.01. The number of hydrogen-bond acceptors (Lipinski definition) is 2. The number of carbonyl (C=O) groups is 2. The highest BCUT2D eigenvalue weighted by molar-refractivity contribution is 5.97. The van der Waals surface area contributed by atoms with Gasteiger partial charge in [-0.3, -0.25) is 9.59 Å². The molecule has 0 aliphatic rings. The molecule has 0 atom stereocenters. The molecule has 0 aromatic carbocycles. The summed E-state index contributed by atoms with van der Waals surface area (Å²) in [6.07, 6.45) is 3.56. The Morgan fingerprint density at radius 2 is 2.00 bits per heavy atom. The standard InChI is InChI=1S/C10H18O2/c1-3-4-5-6-7-10(12)8-9(2)11/h3-8H2,1-2H3/i1D2. The van der Waals surface area contributed by atoms with Crippen LogP contribution in [0.5, 0.6) is 0 Å². The number of carbonyl (C=O) groups excluding carboxylic acids is 2. The van der Waals surface area contributed by atoms with Crippen LogP contribution >= 0.6 is 0 Å². The minimum absolute atomic E-state index is 0.00537. The van der Waals surface area contributed by atoms with Gasteiger partial charge >= 0.3 is 0 Å². The van der Waals surface area contributed by atoms with Gasteiger partial charge in [-0.2, -0.15) is 0 Å². The lowest BCUT2D eigenvalue weighted by Crippen LogP contribution is -2.03. The van der Waals surface area contributed by atoms with E-state index in [1.54, 1.807) is 0 Å². The maximum absolute atomic E-state index is 11.1. The maximum atomic E-state index is 11.1. The fourth-order valence-corrected chi connectivity index (χ4v) is 1.01. The molecule has 2 nitrogen and oxygen atoms in total. The summed E-state index contributed by atoms with van der Waals surface area (Å²) < 4.78 is 13.9. The lowest BCUT2D eigenvalue weighted by Gasteiger charge is -1.97. The summed E-state index contributed by atoms with van der Waals surface area (Å²) in [5, 5.41) is 0. The van der Waals surface area contributed by atoms with Crippen LogP contribution in [0, 0.1) is 0 Å². The van der Waals surface area contributed by atoms with Crippen LogP contribution in [0.3, 0.4) is 0 Å². The van der Waals surface area contributed by atoms with Crippen LogP contribution in [0.25, 0.3) is 0 Å². The van der Waals surface area contributed by atoms with Gasteiger partial charge in [-0.05, 0) is 13.3 Å². The number of rotatable bonds is 7. The Bertz CT molecular complexity index is 191. The molecule has 0 aromatic heterocycles. The minimum Gasteiger partial charge on any atom is -0.300 e. The number of ketones is 2. The first kappa shape index (κ1) is 7.96. The maximum Gasteiger partial charge on any atom is 0.140 e. The summed E-state index contributed by atoms with van der Waals surface area (Å²) in [6, 6.07) is 0. The first-order chi connectivity index (χ1) is 6.52. The van der Waals surface area contributed by atoms with E-state index in [0.29, 0.717) is 12.8 Å². The first-order valence-electron chi connectivity index (χ1n) is 5.53. The third kappa shape index (κ3) is 7.45. The Morgan fingerprint density at radius 3 is 2.58 bits per heavy atom. The highest BCUT2D eigenvalue weighted by Crippen LogP contribution is 2.04. The lowest BCUT2D eigenvalue weighted by molar-refractivity contribution is -0.125. The Balaban J connectivity index is 3.27. The first-order valence-corrected chi connectivity index (χ1v) is 4.38. The third-order valence-corrected chi connectivity index (χ3v) is 1.61. The lowest BCUT2D eigenvalue weighted by atomic mass is 10.1. The van der Waals surface area contributed by atoms with Crippen LogP contribution in [0.15, 0.2) is 0 Å². The molecule has 0 N–H and O–H groups in total. The molecule has 70 valence electrons. The second-order valence-electron chi connectivity index (χ2n) is 3.02. The number of hydrogen-bond donors (Lipinski definition) is 0. The van der Waals surface area contributed by atoms with Crippen molar-refractivity contribution in [1.82, 2.24) is 0 Å². The number of Topliss-reactive ketones (excluding diaryl/α,β-unsaturated/α-hetero) is 2. The van der Waals surface area contributed by atoms with Crippen molar-refractivity contribution in [3.8, 4) is 0 Å². The Hall–Kier alpha value is -0.660. The van der Waals surface area contributed by atoms with E-state index in [1.165, 1.54) is 6.92 Å². The molecule has 0 spiro atoms. The zero-order valence-electron chi connectivity index (χ0n) is 9.64. The predicted octanol–water partition coefficient (Wildman–Crippen LogP) is 2.51. The van der Waals surface area contributed by atoms with E-state index in [4.69, 9.17) is 2.74 Å². The van der Waals surface area contributed by atoms with E-state index < -0.39 is 6.88 Å². The smallest absolute Gasteiger partial charge is 0.140 e. The molecule has 0 fully saturated rings. The van der Waals surface area contributed by atoms with E-state index in [2.05, 4.69) is 0 Å². The van der Waals surface area contributed by atoms with E-state index in [0.717, 1.165) is 19.3 Å². The Morgan fingerprint density at radius 1 is 1.25 bits per heavy atom. The van der Waals surface area contributed by atoms with Crippen LogP contribution in [0.4, 0.5) is 0 Å². The zero-order chi connectivity index (χ0) is 11.0. The number of unbranched alkanes of at least 4 members (excludes halogenated alkanes) is 2. The van der Waals surface area contributed by atoms with E-state index in [-0.39, 0.29) is 18.0 Å². The quantitative estimate of drug-likeness (QED) is 0.437. The molecular formula is C10H18O2. The van der Waals surface area contributed by atoms with Crippen LogP contribution in [0.1, 0.15) is 55.1 Å². The van der Waals surface area contributed by atoms with Crippen molar-refractivity contribution in [3.05, 3.63) is 0 Å². The normalized spacial score (nSPS) is 12.5. The second-order valence-corrected chi connectivity index (χ2v) is 3.02. The van der Waals surface area contributed by atoms with E-state index in [1.807, 2.05) is 0 Å². The molecule has 2 heteroatoms. The van der Waals surface area contributed by atoms with Gasteiger partial charge in [0.1, 0.15) is 11.6 Å². The van der Waals surface area contributed by atoms with Crippen molar-refractivity contribution >= 4 is 11.6 Å². The van der Waals surface area contributed by atoms with Crippen molar-refractivity contribution in [1.29, 1.82) is 0 Å². The fraction of sp³-hybridized carbons (Fsp3) is 0.800. The van der Waals surface area contributed by atoms with Crippen molar-refractivity contribution in [2.75, 3.05) is 0 Å². The van der Waals surface area contributed by atoms with Gasteiger partial charge in [0.15, 0.2) is 0 Å². The van der Waals surface area contributed by atoms with Gasteiger partial charge in [-0.1, -0.05) is 26.1 Å². The largest absolute Gasteiger partial charge is 0.300 e. The van der Waals surface area contributed by atoms with Crippen molar-refractivity contribution in [2.24, 2.45) is 0 Å². The van der Waals surface area contributed by atoms with Crippen LogP contribution in [-0.2, 0) is 9.59 Å². The molecule has 0 aliphatic heterocycles. The summed E-state index contributed by atoms with van der Waals surface area (Å²) >= 11 is 0.